The summed E-state index contributed by atoms with van der Waals surface area (Å²) in [6.45, 7) is 5.22. The average molecular weight is 347 g/mol. The summed E-state index contributed by atoms with van der Waals surface area (Å²) < 4.78 is 1.87. The van der Waals surface area contributed by atoms with Gasteiger partial charge in [0.15, 0.2) is 0 Å². The fourth-order valence-corrected chi connectivity index (χ4v) is 3.90. The SMILES string of the molecule is Cc1cccc(-c2nccnc2[C@H]2CCCN(Cc3cnn(C)c3)C2)c1. The lowest BCUT2D eigenvalue weighted by Crippen LogP contribution is -2.34. The monoisotopic (exact) mass is 347 g/mol. The third-order valence-corrected chi connectivity index (χ3v) is 5.07. The summed E-state index contributed by atoms with van der Waals surface area (Å²) in [5, 5.41) is 4.29. The Bertz CT molecular complexity index is 885. The Hall–Kier alpha value is -2.53. The lowest BCUT2D eigenvalue weighted by atomic mass is 9.91. The highest BCUT2D eigenvalue weighted by atomic mass is 15.2. The van der Waals surface area contributed by atoms with Crippen molar-refractivity contribution < 1.29 is 0 Å². The van der Waals surface area contributed by atoms with E-state index in [0.29, 0.717) is 5.92 Å². The van der Waals surface area contributed by atoms with Gasteiger partial charge in [0, 0.05) is 55.8 Å². The van der Waals surface area contributed by atoms with Gasteiger partial charge in [-0.1, -0.05) is 23.8 Å². The predicted octanol–water partition coefficient (Wildman–Crippen LogP) is 3.57. The number of likely N-dealkylation sites (tertiary alicyclic amines) is 1. The van der Waals surface area contributed by atoms with E-state index in [9.17, 15) is 0 Å². The van der Waals surface area contributed by atoms with E-state index in [1.165, 1.54) is 24.0 Å². The van der Waals surface area contributed by atoms with Crippen molar-refractivity contribution in [3.05, 3.63) is 65.9 Å². The first-order valence-corrected chi connectivity index (χ1v) is 9.27. The van der Waals surface area contributed by atoms with E-state index < -0.39 is 0 Å². The summed E-state index contributed by atoms with van der Waals surface area (Å²) >= 11 is 0. The summed E-state index contributed by atoms with van der Waals surface area (Å²) in [5.74, 6) is 0.421. The van der Waals surface area contributed by atoms with Crippen molar-refractivity contribution in [1.29, 1.82) is 0 Å². The minimum Gasteiger partial charge on any atom is -0.298 e. The molecule has 1 atom stereocenters. The molecule has 0 spiro atoms. The number of hydrogen-bond acceptors (Lipinski definition) is 4. The van der Waals surface area contributed by atoms with Crippen LogP contribution >= 0.6 is 0 Å². The van der Waals surface area contributed by atoms with Crippen LogP contribution in [-0.2, 0) is 13.6 Å². The molecule has 0 amide bonds. The predicted molar refractivity (Wildman–Crippen MR) is 103 cm³/mol. The largest absolute Gasteiger partial charge is 0.298 e. The normalized spacial score (nSPS) is 18.2. The summed E-state index contributed by atoms with van der Waals surface area (Å²) in [5.41, 5.74) is 5.85. The maximum absolute atomic E-state index is 4.75. The molecule has 0 unspecified atom stereocenters. The zero-order valence-electron chi connectivity index (χ0n) is 15.5. The molecule has 0 aliphatic carbocycles. The molecule has 1 aromatic carbocycles. The van der Waals surface area contributed by atoms with Gasteiger partial charge in [-0.15, -0.1) is 0 Å². The molecule has 3 heterocycles. The van der Waals surface area contributed by atoms with Crippen molar-refractivity contribution in [3.63, 3.8) is 0 Å². The summed E-state index contributed by atoms with van der Waals surface area (Å²) in [6, 6.07) is 8.55. The molecule has 1 fully saturated rings. The molecule has 5 nitrogen and oxygen atoms in total. The van der Waals surface area contributed by atoms with Crippen LogP contribution in [0.25, 0.3) is 11.3 Å². The lowest BCUT2D eigenvalue weighted by Gasteiger charge is -2.32. The second-order valence-corrected chi connectivity index (χ2v) is 7.26. The molecule has 0 saturated carbocycles. The van der Waals surface area contributed by atoms with Crippen molar-refractivity contribution >= 4 is 0 Å². The number of piperidine rings is 1. The van der Waals surface area contributed by atoms with Gasteiger partial charge in [0.25, 0.3) is 0 Å². The van der Waals surface area contributed by atoms with E-state index in [-0.39, 0.29) is 0 Å². The fraction of sp³-hybridized carbons (Fsp3) is 0.381. The maximum Gasteiger partial charge on any atom is 0.0920 e. The summed E-state index contributed by atoms with van der Waals surface area (Å²) in [4.78, 5) is 11.9. The van der Waals surface area contributed by atoms with E-state index in [0.717, 1.165) is 36.6 Å². The minimum absolute atomic E-state index is 0.421. The van der Waals surface area contributed by atoms with Crippen molar-refractivity contribution in [2.45, 2.75) is 32.2 Å². The Morgan fingerprint density at radius 3 is 2.88 bits per heavy atom. The van der Waals surface area contributed by atoms with Gasteiger partial charge in [-0.2, -0.15) is 5.10 Å². The molecule has 2 aromatic heterocycles. The summed E-state index contributed by atoms with van der Waals surface area (Å²) in [7, 11) is 1.97. The topological polar surface area (TPSA) is 46.8 Å². The fourth-order valence-electron chi connectivity index (χ4n) is 3.90. The third kappa shape index (κ3) is 3.68. The van der Waals surface area contributed by atoms with Crippen molar-refractivity contribution in [1.82, 2.24) is 24.6 Å². The first kappa shape index (κ1) is 16.9. The molecule has 0 bridgehead atoms. The van der Waals surface area contributed by atoms with Crippen LogP contribution in [0.3, 0.4) is 0 Å². The van der Waals surface area contributed by atoms with Crippen LogP contribution in [0.2, 0.25) is 0 Å². The van der Waals surface area contributed by atoms with Crippen LogP contribution in [0.1, 0.15) is 35.6 Å². The Labute approximate surface area is 154 Å². The highest BCUT2D eigenvalue weighted by molar-refractivity contribution is 5.63. The number of nitrogens with zero attached hydrogens (tertiary/aromatic N) is 5. The highest BCUT2D eigenvalue weighted by Crippen LogP contribution is 2.32. The average Bonchev–Trinajstić information content (AvgIpc) is 3.07. The Morgan fingerprint density at radius 1 is 1.19 bits per heavy atom. The molecule has 0 N–H and O–H groups in total. The molecule has 1 aliphatic rings. The molecule has 1 saturated heterocycles. The third-order valence-electron chi connectivity index (χ3n) is 5.07. The van der Waals surface area contributed by atoms with E-state index in [1.54, 1.807) is 6.20 Å². The molecule has 5 heteroatoms. The van der Waals surface area contributed by atoms with Gasteiger partial charge in [0.05, 0.1) is 17.6 Å². The van der Waals surface area contributed by atoms with Crippen LogP contribution in [0.5, 0.6) is 0 Å². The minimum atomic E-state index is 0.421. The van der Waals surface area contributed by atoms with Crippen molar-refractivity contribution in [2.75, 3.05) is 13.1 Å². The Balaban J connectivity index is 1.57. The molecule has 4 rings (SSSR count). The smallest absolute Gasteiger partial charge is 0.0920 e. The van der Waals surface area contributed by atoms with Gasteiger partial charge in [-0.05, 0) is 32.4 Å². The highest BCUT2D eigenvalue weighted by Gasteiger charge is 2.25. The number of hydrogen-bond donors (Lipinski definition) is 0. The quantitative estimate of drug-likeness (QED) is 0.724. The van der Waals surface area contributed by atoms with Gasteiger partial charge in [-0.3, -0.25) is 19.5 Å². The Kier molecular flexibility index (Phi) is 4.80. The number of benzene rings is 1. The standard InChI is InChI=1S/C21H25N5/c1-16-5-3-6-18(11-16)20-21(23-9-8-22-20)19-7-4-10-26(15-19)14-17-12-24-25(2)13-17/h3,5-6,8-9,11-13,19H,4,7,10,14-15H2,1-2H3/t19-/m0/s1. The second-order valence-electron chi connectivity index (χ2n) is 7.26. The Morgan fingerprint density at radius 2 is 2.08 bits per heavy atom. The molecule has 1 aliphatic heterocycles. The number of aryl methyl sites for hydroxylation is 2. The van der Waals surface area contributed by atoms with Gasteiger partial charge in [0.1, 0.15) is 0 Å². The second kappa shape index (κ2) is 7.38. The first-order chi connectivity index (χ1) is 12.7. The maximum atomic E-state index is 4.75. The van der Waals surface area contributed by atoms with Crippen LogP contribution < -0.4 is 0 Å². The van der Waals surface area contributed by atoms with E-state index in [1.807, 2.05) is 24.1 Å². The van der Waals surface area contributed by atoms with Crippen molar-refractivity contribution in [2.24, 2.45) is 7.05 Å². The van der Waals surface area contributed by atoms with Gasteiger partial charge < -0.3 is 0 Å². The number of aromatic nitrogens is 4. The van der Waals surface area contributed by atoms with Gasteiger partial charge in [0.2, 0.25) is 0 Å². The van der Waals surface area contributed by atoms with Crippen molar-refractivity contribution in [3.8, 4) is 11.3 Å². The van der Waals surface area contributed by atoms with E-state index in [2.05, 4.69) is 52.4 Å². The molecular weight excluding hydrogens is 322 g/mol. The van der Waals surface area contributed by atoms with Gasteiger partial charge in [-0.25, -0.2) is 0 Å². The molecule has 26 heavy (non-hydrogen) atoms. The zero-order chi connectivity index (χ0) is 17.9. The van der Waals surface area contributed by atoms with Crippen LogP contribution in [-0.4, -0.2) is 37.7 Å². The first-order valence-electron chi connectivity index (χ1n) is 9.27. The molecular formula is C21H25N5. The molecule has 134 valence electrons. The van der Waals surface area contributed by atoms with E-state index in [4.69, 9.17) is 4.98 Å². The number of rotatable bonds is 4. The lowest BCUT2D eigenvalue weighted by molar-refractivity contribution is 0.198. The van der Waals surface area contributed by atoms with Crippen LogP contribution in [0, 0.1) is 6.92 Å². The van der Waals surface area contributed by atoms with Gasteiger partial charge >= 0.3 is 0 Å². The van der Waals surface area contributed by atoms with Crippen LogP contribution in [0.4, 0.5) is 0 Å². The summed E-state index contributed by atoms with van der Waals surface area (Å²) in [6.07, 6.45) is 10.1. The van der Waals surface area contributed by atoms with E-state index >= 15 is 0 Å². The molecule has 3 aromatic rings. The zero-order valence-corrected chi connectivity index (χ0v) is 15.5. The molecule has 0 radical (unpaired) electrons. The van der Waals surface area contributed by atoms with Crippen LogP contribution in [0.15, 0.2) is 49.1 Å².